The molecule has 2 amide bonds. The van der Waals surface area contributed by atoms with Crippen LogP contribution in [-0.4, -0.2) is 65.7 Å². The van der Waals surface area contributed by atoms with Gasteiger partial charge in [-0.1, -0.05) is 0 Å². The lowest BCUT2D eigenvalue weighted by atomic mass is 10.1. The van der Waals surface area contributed by atoms with E-state index in [4.69, 9.17) is 4.74 Å². The van der Waals surface area contributed by atoms with Crippen LogP contribution in [0.5, 0.6) is 0 Å². The second-order valence-electron chi connectivity index (χ2n) is 7.21. The minimum absolute atomic E-state index is 0.0211. The van der Waals surface area contributed by atoms with Gasteiger partial charge in [-0.2, -0.15) is 0 Å². The van der Waals surface area contributed by atoms with Crippen LogP contribution in [0.3, 0.4) is 0 Å². The lowest BCUT2D eigenvalue weighted by Crippen LogP contribution is -2.63. The maximum atomic E-state index is 12.0. The predicted molar refractivity (Wildman–Crippen MR) is 104 cm³/mol. The summed E-state index contributed by atoms with van der Waals surface area (Å²) in [4.78, 5) is 33.8. The normalized spacial score (nSPS) is 15.0. The lowest BCUT2D eigenvalue weighted by molar-refractivity contribution is -0.114. The van der Waals surface area contributed by atoms with Gasteiger partial charge in [0.25, 0.3) is 0 Å². The zero-order chi connectivity index (χ0) is 19.9. The molecule has 0 unspecified atom stereocenters. The molecule has 27 heavy (non-hydrogen) atoms. The molecule has 1 aromatic rings. The van der Waals surface area contributed by atoms with E-state index in [1.807, 2.05) is 27.7 Å². The van der Waals surface area contributed by atoms with Gasteiger partial charge >= 0.3 is 6.09 Å². The maximum Gasteiger partial charge on any atom is 0.410 e. The number of amides is 2. The number of anilines is 1. The second-order valence-corrected chi connectivity index (χ2v) is 7.21. The number of nitrogens with one attached hydrogen (secondary N) is 3. The maximum absolute atomic E-state index is 12.0. The van der Waals surface area contributed by atoms with E-state index in [0.717, 1.165) is 0 Å². The van der Waals surface area contributed by atoms with Crippen LogP contribution >= 0.6 is 0 Å². The Morgan fingerprint density at radius 2 is 2.11 bits per heavy atom. The zero-order valence-corrected chi connectivity index (χ0v) is 16.3. The molecule has 0 bridgehead atoms. The molecule has 0 radical (unpaired) electrons. The highest BCUT2D eigenvalue weighted by Crippen LogP contribution is 2.15. The first-order valence-corrected chi connectivity index (χ1v) is 8.99. The quantitative estimate of drug-likeness (QED) is 0.526. The average molecular weight is 376 g/mol. The third-order valence-corrected chi connectivity index (χ3v) is 3.54. The molecule has 0 aliphatic carbocycles. The van der Waals surface area contributed by atoms with Crippen LogP contribution in [0, 0.1) is 0 Å². The molecule has 2 rings (SSSR count). The highest BCUT2D eigenvalue weighted by molar-refractivity contribution is 5.94. The minimum Gasteiger partial charge on any atom is -0.444 e. The third-order valence-electron chi connectivity index (χ3n) is 3.54. The Hall–Kier alpha value is -2.84. The number of guanidine groups is 1. The summed E-state index contributed by atoms with van der Waals surface area (Å²) in [5.74, 6) is 0.303. The van der Waals surface area contributed by atoms with Gasteiger partial charge in [0.05, 0.1) is 17.9 Å². The van der Waals surface area contributed by atoms with E-state index in [0.29, 0.717) is 31.3 Å². The van der Waals surface area contributed by atoms with Crippen molar-refractivity contribution in [1.29, 1.82) is 0 Å². The van der Waals surface area contributed by atoms with Gasteiger partial charge in [0.1, 0.15) is 12.1 Å². The topological polar surface area (TPSA) is 108 Å². The fraction of sp³-hybridized carbons (Fsp3) is 0.556. The number of hydrogen-bond donors (Lipinski definition) is 3. The summed E-state index contributed by atoms with van der Waals surface area (Å²) in [7, 11) is 0. The molecular formula is C18H28N6O3. The SMILES string of the molecule is CCNC(=NCC(=O)Nc1cccnc1)NC1CN(C(=O)OC(C)(C)C)C1. The second kappa shape index (κ2) is 9.20. The smallest absolute Gasteiger partial charge is 0.410 e. The molecule has 9 nitrogen and oxygen atoms in total. The molecule has 2 heterocycles. The number of carbonyl (C=O) groups excluding carboxylic acids is 2. The van der Waals surface area contributed by atoms with E-state index in [-0.39, 0.29) is 24.6 Å². The molecule has 1 aliphatic heterocycles. The zero-order valence-electron chi connectivity index (χ0n) is 16.3. The molecule has 1 fully saturated rings. The van der Waals surface area contributed by atoms with E-state index in [1.54, 1.807) is 29.4 Å². The summed E-state index contributed by atoms with van der Waals surface area (Å²) in [5.41, 5.74) is 0.121. The van der Waals surface area contributed by atoms with Crippen molar-refractivity contribution in [2.45, 2.75) is 39.3 Å². The van der Waals surface area contributed by atoms with Crippen molar-refractivity contribution < 1.29 is 14.3 Å². The van der Waals surface area contributed by atoms with E-state index in [2.05, 4.69) is 25.9 Å². The number of likely N-dealkylation sites (tertiary alicyclic amines) is 1. The lowest BCUT2D eigenvalue weighted by Gasteiger charge is -2.40. The van der Waals surface area contributed by atoms with Crippen molar-refractivity contribution in [3.8, 4) is 0 Å². The van der Waals surface area contributed by atoms with Crippen molar-refractivity contribution in [3.05, 3.63) is 24.5 Å². The van der Waals surface area contributed by atoms with Crippen molar-refractivity contribution in [2.75, 3.05) is 31.5 Å². The van der Waals surface area contributed by atoms with Crippen LogP contribution in [0.2, 0.25) is 0 Å². The molecule has 148 valence electrons. The number of carbonyl (C=O) groups is 2. The molecule has 0 atom stereocenters. The molecule has 9 heteroatoms. The monoisotopic (exact) mass is 376 g/mol. The Morgan fingerprint density at radius 3 is 2.70 bits per heavy atom. The number of aliphatic imine (C=N–C) groups is 1. The molecule has 1 aliphatic rings. The Morgan fingerprint density at radius 1 is 1.37 bits per heavy atom. The Balaban J connectivity index is 1.79. The first-order chi connectivity index (χ1) is 12.8. The van der Waals surface area contributed by atoms with Crippen molar-refractivity contribution in [3.63, 3.8) is 0 Å². The van der Waals surface area contributed by atoms with Gasteiger partial charge < -0.3 is 25.6 Å². The molecule has 0 saturated carbocycles. The minimum atomic E-state index is -0.506. The first-order valence-electron chi connectivity index (χ1n) is 8.99. The van der Waals surface area contributed by atoms with Crippen LogP contribution in [0.25, 0.3) is 0 Å². The standard InChI is InChI=1S/C18H28N6O3/c1-5-20-16(21-10-15(25)22-13-7-6-8-19-9-13)23-14-11-24(12-14)17(26)27-18(2,3)4/h6-9,14H,5,10-12H2,1-4H3,(H,22,25)(H2,20,21,23). The molecule has 0 spiro atoms. The number of aromatic nitrogens is 1. The van der Waals surface area contributed by atoms with Crippen LogP contribution < -0.4 is 16.0 Å². The predicted octanol–water partition coefficient (Wildman–Crippen LogP) is 1.19. The summed E-state index contributed by atoms with van der Waals surface area (Å²) in [6.45, 7) is 9.17. The molecule has 0 aromatic carbocycles. The highest BCUT2D eigenvalue weighted by Gasteiger charge is 2.34. The summed E-state index contributed by atoms with van der Waals surface area (Å²) in [6, 6.07) is 3.58. The Kier molecular flexibility index (Phi) is 6.98. The van der Waals surface area contributed by atoms with Gasteiger partial charge in [-0.25, -0.2) is 9.79 Å². The van der Waals surface area contributed by atoms with Gasteiger partial charge in [-0.15, -0.1) is 0 Å². The molecule has 1 aromatic heterocycles. The first kappa shape index (κ1) is 20.5. The van der Waals surface area contributed by atoms with Crippen LogP contribution in [0.1, 0.15) is 27.7 Å². The van der Waals surface area contributed by atoms with E-state index >= 15 is 0 Å². The van der Waals surface area contributed by atoms with Crippen molar-refractivity contribution in [1.82, 2.24) is 20.5 Å². The number of pyridine rings is 1. The van der Waals surface area contributed by atoms with Gasteiger partial charge in [-0.3, -0.25) is 9.78 Å². The molecule has 3 N–H and O–H groups in total. The number of hydrogen-bond acceptors (Lipinski definition) is 5. The Labute approximate surface area is 159 Å². The van der Waals surface area contributed by atoms with Crippen molar-refractivity contribution in [2.24, 2.45) is 4.99 Å². The van der Waals surface area contributed by atoms with Gasteiger partial charge in [0.2, 0.25) is 5.91 Å². The Bertz CT molecular complexity index is 665. The largest absolute Gasteiger partial charge is 0.444 e. The van der Waals surface area contributed by atoms with Crippen LogP contribution in [-0.2, 0) is 9.53 Å². The summed E-state index contributed by atoms with van der Waals surface area (Å²) < 4.78 is 5.33. The third kappa shape index (κ3) is 7.12. The number of ether oxygens (including phenoxy) is 1. The van der Waals surface area contributed by atoms with E-state index in [9.17, 15) is 9.59 Å². The fourth-order valence-electron chi connectivity index (χ4n) is 2.35. The van der Waals surface area contributed by atoms with Crippen molar-refractivity contribution >= 4 is 23.6 Å². The number of nitrogens with zero attached hydrogens (tertiary/aromatic N) is 3. The number of rotatable bonds is 5. The summed E-state index contributed by atoms with van der Waals surface area (Å²) in [6.07, 6.45) is 2.89. The van der Waals surface area contributed by atoms with E-state index in [1.165, 1.54) is 0 Å². The van der Waals surface area contributed by atoms with Gasteiger partial charge in [-0.05, 0) is 39.8 Å². The average Bonchev–Trinajstić information content (AvgIpc) is 2.54. The molecular weight excluding hydrogens is 348 g/mol. The van der Waals surface area contributed by atoms with E-state index < -0.39 is 5.60 Å². The fourth-order valence-corrected chi connectivity index (χ4v) is 2.35. The summed E-state index contributed by atoms with van der Waals surface area (Å²) >= 11 is 0. The molecule has 1 saturated heterocycles. The van der Waals surface area contributed by atoms with Crippen LogP contribution in [0.15, 0.2) is 29.5 Å². The van der Waals surface area contributed by atoms with Gasteiger partial charge in [0, 0.05) is 25.8 Å². The van der Waals surface area contributed by atoms with Crippen LogP contribution in [0.4, 0.5) is 10.5 Å². The highest BCUT2D eigenvalue weighted by atomic mass is 16.6. The van der Waals surface area contributed by atoms with Gasteiger partial charge in [0.15, 0.2) is 5.96 Å². The summed E-state index contributed by atoms with van der Waals surface area (Å²) in [5, 5.41) is 9.04.